The molecule has 1 nitrogen and oxygen atoms in total. The number of Topliss-reactive ketones (excluding diaryl/α,β-unsaturated/α-hetero) is 1. The number of benzene rings is 2. The fourth-order valence-corrected chi connectivity index (χ4v) is 4.68. The van der Waals surface area contributed by atoms with Crippen molar-refractivity contribution in [2.24, 2.45) is 0 Å². The van der Waals surface area contributed by atoms with Gasteiger partial charge in [0.05, 0.1) is 5.41 Å². The highest BCUT2D eigenvalue weighted by atomic mass is 79.9. The van der Waals surface area contributed by atoms with Gasteiger partial charge in [-0.25, -0.2) is 0 Å². The second kappa shape index (κ2) is 6.29. The predicted octanol–water partition coefficient (Wildman–Crippen LogP) is 5.60. The molecule has 1 aliphatic carbocycles. The van der Waals surface area contributed by atoms with Crippen LogP contribution < -0.4 is 0 Å². The average molecular weight is 422 g/mol. The maximum absolute atomic E-state index is 13.5. The van der Waals surface area contributed by atoms with Crippen molar-refractivity contribution in [2.45, 2.75) is 34.3 Å². The molecular formula is C19H18Br2O. The third-order valence-corrected chi connectivity index (χ3v) is 6.06. The first-order chi connectivity index (χ1) is 10.6. The topological polar surface area (TPSA) is 17.1 Å². The van der Waals surface area contributed by atoms with Crippen LogP contribution in [0.1, 0.15) is 36.8 Å². The fourth-order valence-electron chi connectivity index (χ4n) is 3.44. The van der Waals surface area contributed by atoms with E-state index in [1.54, 1.807) is 0 Å². The van der Waals surface area contributed by atoms with Crippen LogP contribution in [0, 0.1) is 0 Å². The first kappa shape index (κ1) is 15.9. The summed E-state index contributed by atoms with van der Waals surface area (Å²) in [5, 5.41) is 0. The fraction of sp³-hybridized carbons (Fsp3) is 0.316. The Balaban J connectivity index is 2.25. The van der Waals surface area contributed by atoms with Crippen LogP contribution in [0.2, 0.25) is 0 Å². The monoisotopic (exact) mass is 420 g/mol. The lowest BCUT2D eigenvalue weighted by Crippen LogP contribution is -2.44. The van der Waals surface area contributed by atoms with E-state index in [1.165, 1.54) is 0 Å². The number of alkyl halides is 2. The van der Waals surface area contributed by atoms with E-state index < -0.39 is 8.65 Å². The van der Waals surface area contributed by atoms with Crippen LogP contribution >= 0.6 is 31.9 Å². The Bertz CT molecular complexity index is 610. The van der Waals surface area contributed by atoms with Gasteiger partial charge in [-0.2, -0.15) is 0 Å². The lowest BCUT2D eigenvalue weighted by molar-refractivity contribution is -0.123. The smallest absolute Gasteiger partial charge is 0.175 e. The van der Waals surface area contributed by atoms with Crippen molar-refractivity contribution in [3.63, 3.8) is 0 Å². The van der Waals surface area contributed by atoms with Gasteiger partial charge in [-0.15, -0.1) is 0 Å². The number of halogens is 2. The van der Waals surface area contributed by atoms with Gasteiger partial charge in [-0.05, 0) is 24.0 Å². The van der Waals surface area contributed by atoms with Crippen molar-refractivity contribution in [3.8, 4) is 0 Å². The van der Waals surface area contributed by atoms with E-state index in [4.69, 9.17) is 0 Å². The van der Waals surface area contributed by atoms with Gasteiger partial charge in [-0.3, -0.25) is 4.79 Å². The van der Waals surface area contributed by atoms with E-state index >= 15 is 0 Å². The molecule has 0 unspecified atom stereocenters. The molecule has 0 N–H and O–H groups in total. The molecule has 22 heavy (non-hydrogen) atoms. The van der Waals surface area contributed by atoms with Crippen molar-refractivity contribution < 1.29 is 4.79 Å². The molecule has 0 radical (unpaired) electrons. The summed E-state index contributed by atoms with van der Waals surface area (Å²) in [4.78, 5) is 13.5. The molecule has 2 aromatic carbocycles. The minimum absolute atomic E-state index is 0.204. The Morgan fingerprint density at radius 1 is 0.727 bits per heavy atom. The van der Waals surface area contributed by atoms with Crippen LogP contribution in [0.15, 0.2) is 60.7 Å². The molecule has 0 bridgehead atoms. The Kier molecular flexibility index (Phi) is 4.56. The number of carbonyl (C=O) groups is 1. The third-order valence-electron chi connectivity index (χ3n) is 4.55. The van der Waals surface area contributed by atoms with Crippen LogP contribution in [0.5, 0.6) is 0 Å². The third kappa shape index (κ3) is 2.69. The lowest BCUT2D eigenvalue weighted by atomic mass is 9.68. The van der Waals surface area contributed by atoms with Crippen molar-refractivity contribution in [1.29, 1.82) is 0 Å². The number of hydrogen-bond donors (Lipinski definition) is 0. The number of carbonyl (C=O) groups excluding carboxylic acids is 1. The lowest BCUT2D eigenvalue weighted by Gasteiger charge is -2.36. The van der Waals surface area contributed by atoms with E-state index in [1.807, 2.05) is 36.4 Å². The molecule has 114 valence electrons. The number of hydrogen-bond acceptors (Lipinski definition) is 1. The van der Waals surface area contributed by atoms with Crippen LogP contribution in [0.25, 0.3) is 0 Å². The average Bonchev–Trinajstić information content (AvgIpc) is 2.67. The highest BCUT2D eigenvalue weighted by molar-refractivity contribution is 9.25. The largest absolute Gasteiger partial charge is 0.296 e. The summed E-state index contributed by atoms with van der Waals surface area (Å²) in [5.74, 6) is 0.204. The Morgan fingerprint density at radius 3 is 1.68 bits per heavy atom. The normalized spacial score (nSPS) is 20.4. The van der Waals surface area contributed by atoms with E-state index in [0.29, 0.717) is 0 Å². The summed E-state index contributed by atoms with van der Waals surface area (Å²) in [6, 6.07) is 20.4. The molecule has 3 rings (SSSR count). The van der Waals surface area contributed by atoms with Crippen LogP contribution in [-0.2, 0) is 10.2 Å². The molecule has 0 spiro atoms. The van der Waals surface area contributed by atoms with Crippen molar-refractivity contribution in [2.75, 3.05) is 0 Å². The molecular weight excluding hydrogens is 404 g/mol. The van der Waals surface area contributed by atoms with E-state index in [9.17, 15) is 4.79 Å². The maximum Gasteiger partial charge on any atom is 0.175 e. The summed E-state index contributed by atoms with van der Waals surface area (Å²) in [5.41, 5.74) is 1.57. The maximum atomic E-state index is 13.5. The molecule has 0 saturated heterocycles. The second-order valence-electron chi connectivity index (χ2n) is 5.88. The van der Waals surface area contributed by atoms with Gasteiger partial charge in [0, 0.05) is 0 Å². The molecule has 0 atom stereocenters. The van der Waals surface area contributed by atoms with Gasteiger partial charge >= 0.3 is 0 Å². The zero-order valence-electron chi connectivity index (χ0n) is 12.3. The molecule has 0 aromatic heterocycles. The summed E-state index contributed by atoms with van der Waals surface area (Å²) >= 11 is 7.29. The SMILES string of the molecule is O=C1C(Br)(Br)CCCCC1(c1ccccc1)c1ccccc1. The van der Waals surface area contributed by atoms with Crippen molar-refractivity contribution in [3.05, 3.63) is 71.8 Å². The molecule has 3 heteroatoms. The van der Waals surface area contributed by atoms with Gasteiger partial charge in [0.15, 0.2) is 5.78 Å². The van der Waals surface area contributed by atoms with Crippen molar-refractivity contribution >= 4 is 37.6 Å². The molecule has 1 aliphatic rings. The Morgan fingerprint density at radius 2 is 1.18 bits per heavy atom. The number of ketones is 1. The quantitative estimate of drug-likeness (QED) is 0.455. The molecule has 1 saturated carbocycles. The summed E-state index contributed by atoms with van der Waals surface area (Å²) < 4.78 is -0.651. The minimum Gasteiger partial charge on any atom is -0.296 e. The van der Waals surface area contributed by atoms with Crippen LogP contribution in [0.3, 0.4) is 0 Å². The van der Waals surface area contributed by atoms with Crippen LogP contribution in [0.4, 0.5) is 0 Å². The molecule has 1 fully saturated rings. The number of rotatable bonds is 2. The zero-order chi connectivity index (χ0) is 15.6. The van der Waals surface area contributed by atoms with E-state index in [0.717, 1.165) is 36.8 Å². The standard InChI is InChI=1S/C19H18Br2O/c20-19(21)14-8-7-13-18(17(19)22,15-9-3-1-4-10-15)16-11-5-2-6-12-16/h1-6,9-12H,7-8,13-14H2. The molecule has 0 amide bonds. The van der Waals surface area contributed by atoms with Crippen LogP contribution in [-0.4, -0.2) is 9.02 Å². The van der Waals surface area contributed by atoms with Crippen molar-refractivity contribution in [1.82, 2.24) is 0 Å². The van der Waals surface area contributed by atoms with Gasteiger partial charge in [-0.1, -0.05) is 105 Å². The second-order valence-corrected chi connectivity index (χ2v) is 9.65. The predicted molar refractivity (Wildman–Crippen MR) is 97.7 cm³/mol. The van der Waals surface area contributed by atoms with Gasteiger partial charge in [0.1, 0.15) is 3.23 Å². The zero-order valence-corrected chi connectivity index (χ0v) is 15.4. The Labute approximate surface area is 148 Å². The van der Waals surface area contributed by atoms with E-state index in [-0.39, 0.29) is 5.78 Å². The molecule has 2 aromatic rings. The Hall–Kier alpha value is -0.930. The van der Waals surface area contributed by atoms with Gasteiger partial charge < -0.3 is 0 Å². The summed E-state index contributed by atoms with van der Waals surface area (Å²) in [6.45, 7) is 0. The van der Waals surface area contributed by atoms with E-state index in [2.05, 4.69) is 56.1 Å². The first-order valence-electron chi connectivity index (χ1n) is 7.61. The summed E-state index contributed by atoms with van der Waals surface area (Å²) in [6.07, 6.45) is 3.73. The summed E-state index contributed by atoms with van der Waals surface area (Å²) in [7, 11) is 0. The molecule has 0 aliphatic heterocycles. The highest BCUT2D eigenvalue weighted by Crippen LogP contribution is 2.49. The minimum atomic E-state index is -0.651. The van der Waals surface area contributed by atoms with Gasteiger partial charge in [0.2, 0.25) is 0 Å². The first-order valence-corrected chi connectivity index (χ1v) is 9.20. The highest BCUT2D eigenvalue weighted by Gasteiger charge is 2.51. The molecule has 0 heterocycles. The van der Waals surface area contributed by atoms with Gasteiger partial charge in [0.25, 0.3) is 0 Å².